The highest BCUT2D eigenvalue weighted by molar-refractivity contribution is 7.20. The lowest BCUT2D eigenvalue weighted by Gasteiger charge is -2.36. The van der Waals surface area contributed by atoms with Crippen molar-refractivity contribution in [2.45, 2.75) is 0 Å². The maximum atomic E-state index is 6.57. The van der Waals surface area contributed by atoms with E-state index >= 15 is 0 Å². The molecule has 2 aliphatic rings. The van der Waals surface area contributed by atoms with E-state index < -0.39 is 8.07 Å². The van der Waals surface area contributed by atoms with E-state index in [1.165, 1.54) is 70.8 Å². The summed E-state index contributed by atoms with van der Waals surface area (Å²) in [6, 6.07) is 96.3. The number of benzene rings is 11. The van der Waals surface area contributed by atoms with Crippen molar-refractivity contribution in [3.8, 4) is 101 Å². The minimum atomic E-state index is -3.18. The predicted molar refractivity (Wildman–Crippen MR) is 309 cm³/mol. The van der Waals surface area contributed by atoms with E-state index in [0.29, 0.717) is 5.82 Å². The van der Waals surface area contributed by atoms with Gasteiger partial charge < -0.3 is 4.42 Å². The van der Waals surface area contributed by atoms with E-state index in [4.69, 9.17) is 14.4 Å². The summed E-state index contributed by atoms with van der Waals surface area (Å²) in [5.41, 5.74) is 21.0. The molecule has 74 heavy (non-hydrogen) atoms. The molecule has 0 aliphatic heterocycles. The fraction of sp³-hybridized carbons (Fsp3) is 0. The quantitative estimate of drug-likeness (QED) is 0.127. The topological polar surface area (TPSA) is 38.9 Å². The van der Waals surface area contributed by atoms with Gasteiger partial charge in [0.2, 0.25) is 0 Å². The number of hydrogen-bond donors (Lipinski definition) is 0. The lowest BCUT2D eigenvalue weighted by molar-refractivity contribution is 0.669. The first-order chi connectivity index (χ1) is 36.7. The van der Waals surface area contributed by atoms with Gasteiger partial charge in [0.05, 0.1) is 11.3 Å². The third-order valence-electron chi connectivity index (χ3n) is 15.7. The second-order valence-corrected chi connectivity index (χ2v) is 23.3. The number of aromatic nitrogens is 2. The third-order valence-corrected chi connectivity index (χ3v) is 20.4. The van der Waals surface area contributed by atoms with Gasteiger partial charge in [-0.3, -0.25) is 0 Å². The molecular formula is C70H44N2OSi. The molecule has 0 fully saturated rings. The highest BCUT2D eigenvalue weighted by atomic mass is 28.3. The Morgan fingerprint density at radius 3 is 1.16 bits per heavy atom. The zero-order valence-electron chi connectivity index (χ0n) is 40.2. The van der Waals surface area contributed by atoms with Crippen LogP contribution in [-0.2, 0) is 0 Å². The van der Waals surface area contributed by atoms with Crippen LogP contribution in [0, 0.1) is 0 Å². The monoisotopic (exact) mass is 956 g/mol. The van der Waals surface area contributed by atoms with E-state index in [1.54, 1.807) is 0 Å². The number of rotatable bonds is 5. The van der Waals surface area contributed by atoms with Crippen LogP contribution in [0.2, 0.25) is 0 Å². The standard InChI is InChI=1S/C70H44N2OSi/c1-3-20-45(21-4-1)74(46-22-5-2-6-23-46,47-38-40-58-53-28-10-9-26-51(53)49-24-7-8-25-50(49)52-27-11-13-31-56(52)64(58)42-47)48-39-41-59-65(43-48)57-32-14-12-29-54(57)55-30-15-16-34-61(55)68-66(59)44-71-70(72-68)63-36-19-35-62-60-33-17-18-37-67(60)73-69(62)63/h1-44H. The Balaban J connectivity index is 1.01. The Hall–Kier alpha value is -9.48. The SMILES string of the molecule is c1ccc([Si](c2ccccc2)(c2ccc3c(c2)-c2ccccc2-c2ccccc2-c2ccccc2-3)c2ccc3c(c2)-c2ccccc2-c2ccccc2-c2nc(-c4cccc5c4oc4ccccc45)ncc2-3)cc1. The molecule has 0 N–H and O–H groups in total. The third kappa shape index (κ3) is 6.32. The zero-order valence-corrected chi connectivity index (χ0v) is 41.2. The summed E-state index contributed by atoms with van der Waals surface area (Å²) in [7, 11) is -3.18. The molecular weight excluding hydrogens is 913 g/mol. The number of hydrogen-bond acceptors (Lipinski definition) is 3. The van der Waals surface area contributed by atoms with E-state index in [1.807, 2.05) is 18.3 Å². The predicted octanol–water partition coefficient (Wildman–Crippen LogP) is 15.4. The van der Waals surface area contributed by atoms with Crippen molar-refractivity contribution < 1.29 is 4.42 Å². The van der Waals surface area contributed by atoms with Crippen LogP contribution in [0.1, 0.15) is 0 Å². The molecule has 15 rings (SSSR count). The van der Waals surface area contributed by atoms with Crippen LogP contribution in [0.3, 0.4) is 0 Å². The van der Waals surface area contributed by atoms with E-state index in [-0.39, 0.29) is 0 Å². The van der Waals surface area contributed by atoms with Gasteiger partial charge >= 0.3 is 0 Å². The first-order valence-electron chi connectivity index (χ1n) is 25.4. The van der Waals surface area contributed by atoms with Gasteiger partial charge in [-0.1, -0.05) is 249 Å². The second-order valence-electron chi connectivity index (χ2n) is 19.5. The fourth-order valence-corrected chi connectivity index (χ4v) is 17.2. The normalized spacial score (nSPS) is 12.1. The molecule has 13 aromatic rings. The average Bonchev–Trinajstić information content (AvgIpc) is 3.88. The maximum absolute atomic E-state index is 6.57. The molecule has 2 aliphatic carbocycles. The molecule has 0 amide bonds. The Bertz CT molecular complexity index is 4340. The Morgan fingerprint density at radius 2 is 0.649 bits per heavy atom. The summed E-state index contributed by atoms with van der Waals surface area (Å²) in [5, 5.41) is 7.36. The fourth-order valence-electron chi connectivity index (χ4n) is 12.4. The molecule has 11 aromatic carbocycles. The van der Waals surface area contributed by atoms with Crippen LogP contribution in [0.5, 0.6) is 0 Å². The Morgan fingerprint density at radius 1 is 0.270 bits per heavy atom. The Kier molecular flexibility index (Phi) is 9.59. The highest BCUT2D eigenvalue weighted by Gasteiger charge is 2.43. The van der Waals surface area contributed by atoms with Crippen molar-refractivity contribution in [2.24, 2.45) is 0 Å². The van der Waals surface area contributed by atoms with Crippen molar-refractivity contribution in [2.75, 3.05) is 0 Å². The van der Waals surface area contributed by atoms with Gasteiger partial charge in [-0.25, -0.2) is 9.97 Å². The summed E-state index contributed by atoms with van der Waals surface area (Å²) in [6.07, 6.45) is 2.05. The first-order valence-corrected chi connectivity index (χ1v) is 27.4. The van der Waals surface area contributed by atoms with Gasteiger partial charge in [-0.15, -0.1) is 0 Å². The molecule has 0 spiro atoms. The molecule has 3 nitrogen and oxygen atoms in total. The molecule has 0 unspecified atom stereocenters. The van der Waals surface area contributed by atoms with Crippen LogP contribution in [0.15, 0.2) is 271 Å². The number of para-hydroxylation sites is 2. The van der Waals surface area contributed by atoms with Crippen LogP contribution in [0.25, 0.3) is 122 Å². The second kappa shape index (κ2) is 16.8. The van der Waals surface area contributed by atoms with E-state index in [2.05, 4.69) is 249 Å². The Labute approximate surface area is 430 Å². The van der Waals surface area contributed by atoms with Gasteiger partial charge in [-0.2, -0.15) is 0 Å². The van der Waals surface area contributed by atoms with Gasteiger partial charge in [0.25, 0.3) is 0 Å². The number of nitrogens with zero attached hydrogens (tertiary/aromatic N) is 2. The minimum Gasteiger partial charge on any atom is -0.455 e. The van der Waals surface area contributed by atoms with Gasteiger partial charge in [0, 0.05) is 28.1 Å². The molecule has 0 bridgehead atoms. The minimum absolute atomic E-state index is 0.626. The van der Waals surface area contributed by atoms with Crippen LogP contribution < -0.4 is 20.7 Å². The van der Waals surface area contributed by atoms with Crippen molar-refractivity contribution in [3.05, 3.63) is 267 Å². The first kappa shape index (κ1) is 42.2. The number of furan rings is 1. The van der Waals surface area contributed by atoms with Gasteiger partial charge in [0.1, 0.15) is 11.2 Å². The maximum Gasteiger partial charge on any atom is 0.179 e. The van der Waals surface area contributed by atoms with Gasteiger partial charge in [-0.05, 0) is 105 Å². The number of fused-ring (bicyclic) bond motifs is 19. The molecule has 0 saturated carbocycles. The van der Waals surface area contributed by atoms with Crippen molar-refractivity contribution in [1.82, 2.24) is 9.97 Å². The van der Waals surface area contributed by atoms with E-state index in [0.717, 1.165) is 66.6 Å². The largest absolute Gasteiger partial charge is 0.455 e. The summed E-state index contributed by atoms with van der Waals surface area (Å²) >= 11 is 0. The van der Waals surface area contributed by atoms with Crippen molar-refractivity contribution in [3.63, 3.8) is 0 Å². The summed E-state index contributed by atoms with van der Waals surface area (Å²) < 4.78 is 6.57. The highest BCUT2D eigenvalue weighted by Crippen LogP contribution is 2.49. The molecule has 0 saturated heterocycles. The molecule has 0 atom stereocenters. The molecule has 0 radical (unpaired) electrons. The molecule has 2 heterocycles. The summed E-state index contributed by atoms with van der Waals surface area (Å²) in [6.45, 7) is 0. The summed E-state index contributed by atoms with van der Waals surface area (Å²) in [4.78, 5) is 10.8. The van der Waals surface area contributed by atoms with Crippen LogP contribution in [0.4, 0.5) is 0 Å². The summed E-state index contributed by atoms with van der Waals surface area (Å²) in [5.74, 6) is 0.626. The molecule has 4 heteroatoms. The lowest BCUT2D eigenvalue weighted by Crippen LogP contribution is -2.74. The average molecular weight is 957 g/mol. The van der Waals surface area contributed by atoms with Crippen molar-refractivity contribution in [1.29, 1.82) is 0 Å². The van der Waals surface area contributed by atoms with E-state index in [9.17, 15) is 0 Å². The molecule has 344 valence electrons. The van der Waals surface area contributed by atoms with Gasteiger partial charge in [0.15, 0.2) is 13.9 Å². The lowest BCUT2D eigenvalue weighted by atomic mass is 9.81. The van der Waals surface area contributed by atoms with Crippen LogP contribution >= 0.6 is 0 Å². The van der Waals surface area contributed by atoms with Crippen molar-refractivity contribution >= 4 is 50.8 Å². The zero-order chi connectivity index (χ0) is 48.7. The van der Waals surface area contributed by atoms with Crippen LogP contribution in [-0.4, -0.2) is 18.0 Å². The smallest absolute Gasteiger partial charge is 0.179 e. The molecule has 2 aromatic heterocycles.